The second kappa shape index (κ2) is 6.92. The first-order chi connectivity index (χ1) is 11.9. The van der Waals surface area contributed by atoms with E-state index in [2.05, 4.69) is 52.9 Å². The second-order valence-electron chi connectivity index (χ2n) is 7.22. The van der Waals surface area contributed by atoms with E-state index in [4.69, 9.17) is 0 Å². The highest BCUT2D eigenvalue weighted by atomic mass is 16.1. The van der Waals surface area contributed by atoms with E-state index in [1.54, 1.807) is 0 Å². The van der Waals surface area contributed by atoms with E-state index in [0.29, 0.717) is 12.6 Å². The SMILES string of the molecule is CC(C)n1c2ccccc2c2c1cc(C(=O)NCCCN(C)C)n2C. The zero-order valence-electron chi connectivity index (χ0n) is 15.8. The summed E-state index contributed by atoms with van der Waals surface area (Å²) in [5, 5.41) is 4.24. The summed E-state index contributed by atoms with van der Waals surface area (Å²) in [7, 11) is 6.07. The summed E-state index contributed by atoms with van der Waals surface area (Å²) in [6.45, 7) is 6.02. The van der Waals surface area contributed by atoms with Crippen molar-refractivity contribution in [1.82, 2.24) is 19.4 Å². The van der Waals surface area contributed by atoms with Crippen LogP contribution in [0.15, 0.2) is 30.3 Å². The molecule has 3 rings (SSSR count). The molecule has 0 radical (unpaired) electrons. The zero-order valence-corrected chi connectivity index (χ0v) is 15.8. The maximum atomic E-state index is 12.6. The van der Waals surface area contributed by atoms with Crippen molar-refractivity contribution in [2.75, 3.05) is 27.2 Å². The largest absolute Gasteiger partial charge is 0.351 e. The Morgan fingerprint density at radius 3 is 2.60 bits per heavy atom. The highest BCUT2D eigenvalue weighted by molar-refractivity contribution is 6.10. The Bertz CT molecular complexity index is 901. The Kier molecular flexibility index (Phi) is 4.86. The summed E-state index contributed by atoms with van der Waals surface area (Å²) in [6, 6.07) is 10.8. The first kappa shape index (κ1) is 17.5. The van der Waals surface area contributed by atoms with Crippen LogP contribution in [0.4, 0.5) is 0 Å². The molecule has 0 spiro atoms. The molecule has 1 N–H and O–H groups in total. The summed E-state index contributed by atoms with van der Waals surface area (Å²) in [5.41, 5.74) is 4.19. The van der Waals surface area contributed by atoms with Crippen LogP contribution in [0.2, 0.25) is 0 Å². The molecule has 134 valence electrons. The van der Waals surface area contributed by atoms with Crippen LogP contribution in [0, 0.1) is 0 Å². The lowest BCUT2D eigenvalue weighted by Crippen LogP contribution is -2.28. The molecule has 3 aromatic rings. The minimum Gasteiger partial charge on any atom is -0.351 e. The van der Waals surface area contributed by atoms with Crippen LogP contribution in [0.5, 0.6) is 0 Å². The van der Waals surface area contributed by atoms with Gasteiger partial charge in [0.25, 0.3) is 5.91 Å². The van der Waals surface area contributed by atoms with Gasteiger partial charge in [0, 0.05) is 25.0 Å². The van der Waals surface area contributed by atoms with Crippen LogP contribution < -0.4 is 5.32 Å². The molecule has 0 atom stereocenters. The van der Waals surface area contributed by atoms with Gasteiger partial charge in [0.05, 0.1) is 16.6 Å². The van der Waals surface area contributed by atoms with Crippen LogP contribution in [-0.4, -0.2) is 47.1 Å². The summed E-state index contributed by atoms with van der Waals surface area (Å²) in [6.07, 6.45) is 0.948. The molecule has 0 aliphatic rings. The quantitative estimate of drug-likeness (QED) is 0.699. The predicted octanol–water partition coefficient (Wildman–Crippen LogP) is 3.40. The second-order valence-corrected chi connectivity index (χ2v) is 7.22. The average Bonchev–Trinajstić information content (AvgIpc) is 3.06. The zero-order chi connectivity index (χ0) is 18.1. The fraction of sp³-hybridized carbons (Fsp3) is 0.450. The maximum absolute atomic E-state index is 12.6. The Labute approximate surface area is 149 Å². The van der Waals surface area contributed by atoms with Crippen molar-refractivity contribution in [1.29, 1.82) is 0 Å². The van der Waals surface area contributed by atoms with Gasteiger partial charge < -0.3 is 19.4 Å². The topological polar surface area (TPSA) is 42.2 Å². The molecule has 0 saturated carbocycles. The highest BCUT2D eigenvalue weighted by Crippen LogP contribution is 2.33. The minimum absolute atomic E-state index is 0.00292. The number of para-hydroxylation sites is 1. The number of rotatable bonds is 6. The molecule has 5 nitrogen and oxygen atoms in total. The fourth-order valence-electron chi connectivity index (χ4n) is 3.56. The number of fused-ring (bicyclic) bond motifs is 3. The number of aryl methyl sites for hydroxylation is 1. The van der Waals surface area contributed by atoms with Gasteiger partial charge in [0.2, 0.25) is 0 Å². The van der Waals surface area contributed by atoms with E-state index >= 15 is 0 Å². The molecule has 25 heavy (non-hydrogen) atoms. The smallest absolute Gasteiger partial charge is 0.267 e. The molecule has 0 aliphatic heterocycles. The van der Waals surface area contributed by atoms with Crippen molar-refractivity contribution in [3.63, 3.8) is 0 Å². The lowest BCUT2D eigenvalue weighted by atomic mass is 10.2. The lowest BCUT2D eigenvalue weighted by molar-refractivity contribution is 0.0944. The van der Waals surface area contributed by atoms with E-state index in [0.717, 1.165) is 29.7 Å². The molecule has 2 heterocycles. The van der Waals surface area contributed by atoms with Crippen molar-refractivity contribution in [2.24, 2.45) is 7.05 Å². The van der Waals surface area contributed by atoms with Gasteiger partial charge in [-0.25, -0.2) is 0 Å². The van der Waals surface area contributed by atoms with E-state index < -0.39 is 0 Å². The standard InChI is InChI=1S/C20H28N4O/c1-14(2)24-16-10-7-6-9-15(16)19-17(24)13-18(23(19)5)20(25)21-11-8-12-22(3)4/h6-7,9-10,13-14H,8,11-12H2,1-5H3,(H,21,25). The summed E-state index contributed by atoms with van der Waals surface area (Å²) < 4.78 is 4.34. The van der Waals surface area contributed by atoms with Gasteiger partial charge in [-0.2, -0.15) is 0 Å². The molecule has 0 bridgehead atoms. The first-order valence-electron chi connectivity index (χ1n) is 8.93. The summed E-state index contributed by atoms with van der Waals surface area (Å²) >= 11 is 0. The van der Waals surface area contributed by atoms with Crippen molar-refractivity contribution in [3.8, 4) is 0 Å². The molecule has 0 aliphatic carbocycles. The van der Waals surface area contributed by atoms with Crippen LogP contribution in [0.1, 0.15) is 36.8 Å². The lowest BCUT2D eigenvalue weighted by Gasteiger charge is -2.11. The predicted molar refractivity (Wildman–Crippen MR) is 104 cm³/mol. The van der Waals surface area contributed by atoms with Crippen LogP contribution in [0.3, 0.4) is 0 Å². The first-order valence-corrected chi connectivity index (χ1v) is 8.93. The number of carbonyl (C=O) groups is 1. The van der Waals surface area contributed by atoms with Gasteiger partial charge in [0.15, 0.2) is 0 Å². The third kappa shape index (κ3) is 3.16. The van der Waals surface area contributed by atoms with E-state index in [1.807, 2.05) is 31.8 Å². The number of benzene rings is 1. The average molecular weight is 340 g/mol. The number of carbonyl (C=O) groups excluding carboxylic acids is 1. The van der Waals surface area contributed by atoms with Crippen molar-refractivity contribution < 1.29 is 4.79 Å². The summed E-state index contributed by atoms with van der Waals surface area (Å²) in [4.78, 5) is 14.8. The number of hydrogen-bond donors (Lipinski definition) is 1. The molecule has 0 unspecified atom stereocenters. The number of nitrogens with zero attached hydrogens (tertiary/aromatic N) is 3. The van der Waals surface area contributed by atoms with Gasteiger partial charge in [-0.05, 0) is 53.0 Å². The van der Waals surface area contributed by atoms with Crippen LogP contribution >= 0.6 is 0 Å². The third-order valence-electron chi connectivity index (χ3n) is 4.71. The molecule has 0 saturated heterocycles. The molecule has 1 amide bonds. The maximum Gasteiger partial charge on any atom is 0.267 e. The van der Waals surface area contributed by atoms with E-state index in [1.165, 1.54) is 10.9 Å². The van der Waals surface area contributed by atoms with Crippen molar-refractivity contribution >= 4 is 27.8 Å². The Hall–Kier alpha value is -2.27. The van der Waals surface area contributed by atoms with Crippen molar-refractivity contribution in [2.45, 2.75) is 26.3 Å². The molecule has 0 fully saturated rings. The highest BCUT2D eigenvalue weighted by Gasteiger charge is 2.20. The number of aromatic nitrogens is 2. The van der Waals surface area contributed by atoms with Gasteiger partial charge in [-0.15, -0.1) is 0 Å². The van der Waals surface area contributed by atoms with E-state index in [-0.39, 0.29) is 5.91 Å². The van der Waals surface area contributed by atoms with E-state index in [9.17, 15) is 4.79 Å². The number of amides is 1. The van der Waals surface area contributed by atoms with Gasteiger partial charge in [-0.1, -0.05) is 18.2 Å². The Morgan fingerprint density at radius 1 is 1.20 bits per heavy atom. The van der Waals surface area contributed by atoms with Gasteiger partial charge in [-0.3, -0.25) is 4.79 Å². The fourth-order valence-corrected chi connectivity index (χ4v) is 3.56. The number of nitrogens with one attached hydrogen (secondary N) is 1. The van der Waals surface area contributed by atoms with Gasteiger partial charge in [0.1, 0.15) is 5.69 Å². The minimum atomic E-state index is -0.00292. The molecular weight excluding hydrogens is 312 g/mol. The Balaban J connectivity index is 1.97. The summed E-state index contributed by atoms with van der Waals surface area (Å²) in [5.74, 6) is -0.00292. The van der Waals surface area contributed by atoms with Crippen LogP contribution in [-0.2, 0) is 7.05 Å². The Morgan fingerprint density at radius 2 is 1.92 bits per heavy atom. The third-order valence-corrected chi connectivity index (χ3v) is 4.71. The van der Waals surface area contributed by atoms with Crippen molar-refractivity contribution in [3.05, 3.63) is 36.0 Å². The molecule has 5 heteroatoms. The van der Waals surface area contributed by atoms with Crippen LogP contribution in [0.25, 0.3) is 21.9 Å². The monoisotopic (exact) mass is 340 g/mol. The molecule has 2 aromatic heterocycles. The molecular formula is C20H28N4O. The molecule has 1 aromatic carbocycles. The van der Waals surface area contributed by atoms with Gasteiger partial charge >= 0.3 is 0 Å². The number of hydrogen-bond acceptors (Lipinski definition) is 2. The normalized spacial score (nSPS) is 12.0.